The number of likely N-dealkylation sites (N-methyl/N-ethyl adjacent to an activating group) is 2. The summed E-state index contributed by atoms with van der Waals surface area (Å²) in [6, 6.07) is 9.16. The van der Waals surface area contributed by atoms with Gasteiger partial charge in [0.25, 0.3) is 0 Å². The second-order valence-electron chi connectivity index (χ2n) is 4.58. The van der Waals surface area contributed by atoms with Gasteiger partial charge in [-0.05, 0) is 19.4 Å². The molecule has 2 amide bonds. The summed E-state index contributed by atoms with van der Waals surface area (Å²) in [5.41, 5.74) is 6.96. The number of rotatable bonds is 7. The fourth-order valence-electron chi connectivity index (χ4n) is 1.94. The standard InChI is InChI=1S/C15H23N3O2.ClH/c1-3-17-14(19)11-18(4-2)15(20)10-13(16)12-8-6-5-7-9-12;/h5-9,13H,3-4,10-11,16H2,1-2H3,(H,17,19);1H. The van der Waals surface area contributed by atoms with Gasteiger partial charge < -0.3 is 16.0 Å². The Hall–Kier alpha value is -1.59. The Labute approximate surface area is 132 Å². The Morgan fingerprint density at radius 2 is 1.86 bits per heavy atom. The number of halogens is 1. The second-order valence-corrected chi connectivity index (χ2v) is 4.58. The molecule has 1 aromatic rings. The van der Waals surface area contributed by atoms with Crippen molar-refractivity contribution in [2.24, 2.45) is 5.73 Å². The Morgan fingerprint density at radius 3 is 2.38 bits per heavy atom. The minimum Gasteiger partial charge on any atom is -0.355 e. The molecule has 118 valence electrons. The molecule has 0 saturated carbocycles. The first kappa shape index (κ1) is 19.4. The Bertz CT molecular complexity index is 440. The van der Waals surface area contributed by atoms with Gasteiger partial charge in [-0.3, -0.25) is 9.59 Å². The summed E-state index contributed by atoms with van der Waals surface area (Å²) in [6.45, 7) is 4.85. The molecule has 1 unspecified atom stereocenters. The average Bonchev–Trinajstić information content (AvgIpc) is 2.45. The first-order valence-corrected chi connectivity index (χ1v) is 6.93. The molecule has 0 saturated heterocycles. The van der Waals surface area contributed by atoms with Crippen LogP contribution in [-0.2, 0) is 9.59 Å². The molecule has 0 bridgehead atoms. The predicted octanol–water partition coefficient (Wildman–Crippen LogP) is 1.48. The van der Waals surface area contributed by atoms with Gasteiger partial charge in [-0.1, -0.05) is 30.3 Å². The minimum atomic E-state index is -0.341. The van der Waals surface area contributed by atoms with E-state index in [2.05, 4.69) is 5.32 Å². The van der Waals surface area contributed by atoms with Crippen molar-refractivity contribution in [1.29, 1.82) is 0 Å². The SMILES string of the molecule is CCNC(=O)CN(CC)C(=O)CC(N)c1ccccc1.Cl. The van der Waals surface area contributed by atoms with Gasteiger partial charge in [0.2, 0.25) is 11.8 Å². The van der Waals surface area contributed by atoms with Gasteiger partial charge in [-0.25, -0.2) is 0 Å². The number of nitrogens with zero attached hydrogens (tertiary/aromatic N) is 1. The number of nitrogens with two attached hydrogens (primary N) is 1. The van der Waals surface area contributed by atoms with Gasteiger partial charge in [-0.15, -0.1) is 12.4 Å². The molecule has 0 spiro atoms. The van der Waals surface area contributed by atoms with E-state index in [4.69, 9.17) is 5.73 Å². The van der Waals surface area contributed by atoms with E-state index < -0.39 is 0 Å². The van der Waals surface area contributed by atoms with Gasteiger partial charge in [0.1, 0.15) is 0 Å². The summed E-state index contributed by atoms with van der Waals surface area (Å²) >= 11 is 0. The zero-order chi connectivity index (χ0) is 15.0. The number of hydrogen-bond donors (Lipinski definition) is 2. The van der Waals surface area contributed by atoms with E-state index in [-0.39, 0.29) is 43.2 Å². The highest BCUT2D eigenvalue weighted by Crippen LogP contribution is 2.14. The zero-order valence-electron chi connectivity index (χ0n) is 12.5. The van der Waals surface area contributed by atoms with Crippen LogP contribution in [0.25, 0.3) is 0 Å². The number of nitrogens with one attached hydrogen (secondary N) is 1. The molecule has 0 aliphatic heterocycles. The van der Waals surface area contributed by atoms with Crippen molar-refractivity contribution in [3.8, 4) is 0 Å². The van der Waals surface area contributed by atoms with Crippen molar-refractivity contribution in [1.82, 2.24) is 10.2 Å². The molecule has 0 radical (unpaired) electrons. The van der Waals surface area contributed by atoms with E-state index >= 15 is 0 Å². The smallest absolute Gasteiger partial charge is 0.239 e. The van der Waals surface area contributed by atoms with Crippen molar-refractivity contribution in [3.05, 3.63) is 35.9 Å². The maximum absolute atomic E-state index is 12.2. The summed E-state index contributed by atoms with van der Waals surface area (Å²) in [6.07, 6.45) is 0.206. The van der Waals surface area contributed by atoms with Crippen molar-refractivity contribution < 1.29 is 9.59 Å². The van der Waals surface area contributed by atoms with Gasteiger partial charge in [-0.2, -0.15) is 0 Å². The molecule has 0 aromatic heterocycles. The maximum Gasteiger partial charge on any atom is 0.239 e. The number of amides is 2. The second kappa shape index (κ2) is 10.2. The highest BCUT2D eigenvalue weighted by atomic mass is 35.5. The van der Waals surface area contributed by atoms with Crippen molar-refractivity contribution >= 4 is 24.2 Å². The highest BCUT2D eigenvalue weighted by Gasteiger charge is 2.18. The fraction of sp³-hybridized carbons (Fsp3) is 0.467. The predicted molar refractivity (Wildman–Crippen MR) is 86.2 cm³/mol. The van der Waals surface area contributed by atoms with Crippen LogP contribution >= 0.6 is 12.4 Å². The van der Waals surface area contributed by atoms with Crippen molar-refractivity contribution in [2.75, 3.05) is 19.6 Å². The highest BCUT2D eigenvalue weighted by molar-refractivity contribution is 5.85. The van der Waals surface area contributed by atoms with Crippen LogP contribution in [0.4, 0.5) is 0 Å². The largest absolute Gasteiger partial charge is 0.355 e. The summed E-state index contributed by atoms with van der Waals surface area (Å²) in [7, 11) is 0. The summed E-state index contributed by atoms with van der Waals surface area (Å²) in [5.74, 6) is -0.244. The van der Waals surface area contributed by atoms with E-state index in [1.165, 1.54) is 4.90 Å². The van der Waals surface area contributed by atoms with Gasteiger partial charge >= 0.3 is 0 Å². The summed E-state index contributed by atoms with van der Waals surface area (Å²) in [4.78, 5) is 25.2. The first-order chi connectivity index (χ1) is 9.58. The van der Waals surface area contributed by atoms with Crippen LogP contribution in [0.2, 0.25) is 0 Å². The molecule has 0 aliphatic rings. The van der Waals surface area contributed by atoms with Crippen LogP contribution in [0.15, 0.2) is 30.3 Å². The van der Waals surface area contributed by atoms with Crippen LogP contribution in [0, 0.1) is 0 Å². The maximum atomic E-state index is 12.2. The number of benzene rings is 1. The fourth-order valence-corrected chi connectivity index (χ4v) is 1.94. The Kier molecular flexibility index (Phi) is 9.41. The quantitative estimate of drug-likeness (QED) is 0.800. The zero-order valence-corrected chi connectivity index (χ0v) is 13.4. The van der Waals surface area contributed by atoms with Gasteiger partial charge in [0.15, 0.2) is 0 Å². The average molecular weight is 314 g/mol. The van der Waals surface area contributed by atoms with Gasteiger partial charge in [0, 0.05) is 25.6 Å². The van der Waals surface area contributed by atoms with Crippen molar-refractivity contribution in [2.45, 2.75) is 26.3 Å². The summed E-state index contributed by atoms with van der Waals surface area (Å²) < 4.78 is 0. The van der Waals surface area contributed by atoms with Crippen LogP contribution in [0.3, 0.4) is 0 Å². The lowest BCUT2D eigenvalue weighted by molar-refractivity contribution is -0.136. The van der Waals surface area contributed by atoms with Crippen molar-refractivity contribution in [3.63, 3.8) is 0 Å². The third kappa shape index (κ3) is 6.60. The van der Waals surface area contributed by atoms with E-state index in [1.807, 2.05) is 44.2 Å². The topological polar surface area (TPSA) is 75.4 Å². The normalized spacial score (nSPS) is 11.2. The Morgan fingerprint density at radius 1 is 1.24 bits per heavy atom. The molecule has 6 heteroatoms. The minimum absolute atomic E-state index is 0. The molecule has 3 N–H and O–H groups in total. The molecular weight excluding hydrogens is 290 g/mol. The van der Waals surface area contributed by atoms with E-state index in [1.54, 1.807) is 0 Å². The number of carbonyl (C=O) groups excluding carboxylic acids is 2. The molecule has 21 heavy (non-hydrogen) atoms. The molecule has 1 atom stereocenters. The van der Waals surface area contributed by atoms with E-state index in [0.29, 0.717) is 13.1 Å². The van der Waals surface area contributed by atoms with Crippen LogP contribution < -0.4 is 11.1 Å². The third-order valence-electron chi connectivity index (χ3n) is 3.07. The van der Waals surface area contributed by atoms with Crippen LogP contribution in [0.1, 0.15) is 31.9 Å². The molecule has 0 fully saturated rings. The molecule has 0 aliphatic carbocycles. The molecule has 1 rings (SSSR count). The first-order valence-electron chi connectivity index (χ1n) is 6.93. The molecule has 1 aromatic carbocycles. The van der Waals surface area contributed by atoms with Crippen LogP contribution in [0.5, 0.6) is 0 Å². The Balaban J connectivity index is 0.00000400. The molecule has 0 heterocycles. The lowest BCUT2D eigenvalue weighted by atomic mass is 10.0. The lowest BCUT2D eigenvalue weighted by Gasteiger charge is -2.22. The van der Waals surface area contributed by atoms with Gasteiger partial charge in [0.05, 0.1) is 6.54 Å². The summed E-state index contributed by atoms with van der Waals surface area (Å²) in [5, 5.41) is 2.69. The van der Waals surface area contributed by atoms with E-state index in [9.17, 15) is 9.59 Å². The van der Waals surface area contributed by atoms with Crippen LogP contribution in [-0.4, -0.2) is 36.3 Å². The molecule has 5 nitrogen and oxygen atoms in total. The lowest BCUT2D eigenvalue weighted by Crippen LogP contribution is -2.41. The van der Waals surface area contributed by atoms with E-state index in [0.717, 1.165) is 5.56 Å². The molecular formula is C15H24ClN3O2. The third-order valence-corrected chi connectivity index (χ3v) is 3.07. The number of hydrogen-bond acceptors (Lipinski definition) is 3. The number of carbonyl (C=O) groups is 2. The monoisotopic (exact) mass is 313 g/mol.